The molecule has 1 fully saturated rings. The van der Waals surface area contributed by atoms with Crippen LogP contribution in [0, 0.1) is 0 Å². The summed E-state index contributed by atoms with van der Waals surface area (Å²) in [5, 5.41) is 4.48. The maximum atomic E-state index is 11.8. The first-order chi connectivity index (χ1) is 8.66. The first-order valence-corrected chi connectivity index (χ1v) is 7.09. The smallest absolute Gasteiger partial charge is 0.328 e. The molecule has 1 amide bonds. The van der Waals surface area contributed by atoms with Crippen molar-refractivity contribution in [1.82, 2.24) is 5.32 Å². The van der Waals surface area contributed by atoms with Crippen molar-refractivity contribution in [2.75, 3.05) is 0 Å². The van der Waals surface area contributed by atoms with Crippen LogP contribution in [0.4, 0.5) is 0 Å². The van der Waals surface area contributed by atoms with Crippen molar-refractivity contribution in [2.45, 2.75) is 44.8 Å². The molecule has 1 aliphatic rings. The second kappa shape index (κ2) is 6.00. The van der Waals surface area contributed by atoms with Crippen molar-refractivity contribution < 1.29 is 14.3 Å². The van der Waals surface area contributed by atoms with Gasteiger partial charge in [0, 0.05) is 0 Å². The minimum Gasteiger partial charge on any atom is -0.461 e. The second-order valence-electron chi connectivity index (χ2n) is 4.52. The van der Waals surface area contributed by atoms with Gasteiger partial charge in [0.05, 0.1) is 4.88 Å². The van der Waals surface area contributed by atoms with E-state index in [2.05, 4.69) is 5.32 Å². The Labute approximate surface area is 110 Å². The molecule has 0 radical (unpaired) electrons. The molecule has 1 aliphatic carbocycles. The molecule has 0 aliphatic heterocycles. The monoisotopic (exact) mass is 267 g/mol. The summed E-state index contributed by atoms with van der Waals surface area (Å²) in [6.45, 7) is 1.66. The number of hydrogen-bond acceptors (Lipinski definition) is 4. The summed E-state index contributed by atoms with van der Waals surface area (Å²) in [5.74, 6) is -0.562. The maximum absolute atomic E-state index is 11.8. The van der Waals surface area contributed by atoms with E-state index >= 15 is 0 Å². The lowest BCUT2D eigenvalue weighted by molar-refractivity contribution is -0.150. The molecule has 1 aromatic heterocycles. The minimum absolute atomic E-state index is 0.0404. The highest BCUT2D eigenvalue weighted by Crippen LogP contribution is 2.21. The molecule has 0 aromatic carbocycles. The minimum atomic E-state index is -0.597. The summed E-state index contributed by atoms with van der Waals surface area (Å²) in [6.07, 6.45) is 4.16. The number of rotatable bonds is 4. The number of ether oxygens (including phenoxy) is 1. The number of esters is 1. The molecule has 0 bridgehead atoms. The fraction of sp³-hybridized carbons (Fsp3) is 0.538. The predicted octanol–water partition coefficient (Wildman–Crippen LogP) is 2.35. The van der Waals surface area contributed by atoms with Gasteiger partial charge in [-0.2, -0.15) is 0 Å². The molecule has 1 N–H and O–H groups in total. The number of nitrogens with one attached hydrogen (secondary N) is 1. The summed E-state index contributed by atoms with van der Waals surface area (Å²) in [5.41, 5.74) is 0. The van der Waals surface area contributed by atoms with Gasteiger partial charge in [0.15, 0.2) is 0 Å². The average Bonchev–Trinajstić information content (AvgIpc) is 3.01. The number of carbonyl (C=O) groups excluding carboxylic acids is 2. The first-order valence-electron chi connectivity index (χ1n) is 6.21. The number of carbonyl (C=O) groups is 2. The zero-order chi connectivity index (χ0) is 13.0. The largest absolute Gasteiger partial charge is 0.461 e. The Morgan fingerprint density at radius 2 is 2.17 bits per heavy atom. The summed E-state index contributed by atoms with van der Waals surface area (Å²) in [7, 11) is 0. The highest BCUT2D eigenvalue weighted by atomic mass is 32.1. The lowest BCUT2D eigenvalue weighted by Gasteiger charge is -2.16. The Hall–Kier alpha value is -1.36. The van der Waals surface area contributed by atoms with Crippen molar-refractivity contribution in [2.24, 2.45) is 0 Å². The zero-order valence-electron chi connectivity index (χ0n) is 10.3. The number of amides is 1. The second-order valence-corrected chi connectivity index (χ2v) is 5.46. The van der Waals surface area contributed by atoms with Crippen LogP contribution in [0.3, 0.4) is 0 Å². The molecule has 5 heteroatoms. The van der Waals surface area contributed by atoms with Gasteiger partial charge in [-0.1, -0.05) is 6.07 Å². The van der Waals surface area contributed by atoms with E-state index in [1.807, 2.05) is 5.38 Å². The Balaban J connectivity index is 1.81. The molecule has 18 heavy (non-hydrogen) atoms. The Morgan fingerprint density at radius 1 is 1.44 bits per heavy atom. The molecule has 1 aromatic rings. The lowest BCUT2D eigenvalue weighted by atomic mass is 10.3. The van der Waals surface area contributed by atoms with Crippen LogP contribution in [0.1, 0.15) is 42.3 Å². The normalized spacial score (nSPS) is 17.4. The molecule has 2 rings (SSSR count). The molecule has 1 atom stereocenters. The van der Waals surface area contributed by atoms with Crippen LogP contribution in [0.25, 0.3) is 0 Å². The van der Waals surface area contributed by atoms with Crippen LogP contribution in [0.15, 0.2) is 17.5 Å². The maximum Gasteiger partial charge on any atom is 0.328 e. The van der Waals surface area contributed by atoms with Crippen molar-refractivity contribution >= 4 is 23.2 Å². The van der Waals surface area contributed by atoms with E-state index in [0.29, 0.717) is 4.88 Å². The van der Waals surface area contributed by atoms with Crippen molar-refractivity contribution in [3.8, 4) is 0 Å². The quantitative estimate of drug-likeness (QED) is 0.852. The average molecular weight is 267 g/mol. The van der Waals surface area contributed by atoms with Crippen LogP contribution >= 0.6 is 11.3 Å². The molecule has 0 saturated heterocycles. The third-order valence-electron chi connectivity index (χ3n) is 3.03. The van der Waals surface area contributed by atoms with Gasteiger partial charge in [-0.25, -0.2) is 4.79 Å². The van der Waals surface area contributed by atoms with Gasteiger partial charge in [-0.3, -0.25) is 4.79 Å². The van der Waals surface area contributed by atoms with Crippen molar-refractivity contribution in [3.63, 3.8) is 0 Å². The van der Waals surface area contributed by atoms with Crippen LogP contribution in [-0.4, -0.2) is 24.0 Å². The Bertz CT molecular complexity index is 410. The highest BCUT2D eigenvalue weighted by Gasteiger charge is 2.24. The molecular weight excluding hydrogens is 250 g/mol. The van der Waals surface area contributed by atoms with E-state index in [9.17, 15) is 9.59 Å². The lowest BCUT2D eigenvalue weighted by Crippen LogP contribution is -2.40. The van der Waals surface area contributed by atoms with Crippen LogP contribution in [0.2, 0.25) is 0 Å². The van der Waals surface area contributed by atoms with E-state index in [-0.39, 0.29) is 18.0 Å². The standard InChI is InChI=1S/C13H17NO3S/c1-9(13(16)17-10-5-2-3-6-10)14-12(15)11-7-4-8-18-11/h4,7-10H,2-3,5-6H2,1H3,(H,14,15). The predicted molar refractivity (Wildman–Crippen MR) is 69.6 cm³/mol. The third kappa shape index (κ3) is 3.32. The van der Waals surface area contributed by atoms with Gasteiger partial charge < -0.3 is 10.1 Å². The number of thiophene rings is 1. The fourth-order valence-corrected chi connectivity index (χ4v) is 2.63. The molecule has 0 spiro atoms. The molecule has 4 nitrogen and oxygen atoms in total. The van der Waals surface area contributed by atoms with E-state index < -0.39 is 6.04 Å². The van der Waals surface area contributed by atoms with Crippen molar-refractivity contribution in [3.05, 3.63) is 22.4 Å². The van der Waals surface area contributed by atoms with Gasteiger partial charge in [0.1, 0.15) is 12.1 Å². The fourth-order valence-electron chi connectivity index (χ4n) is 2.01. The van der Waals surface area contributed by atoms with E-state index in [1.54, 1.807) is 19.1 Å². The topological polar surface area (TPSA) is 55.4 Å². The molecule has 1 unspecified atom stereocenters. The molecule has 1 saturated carbocycles. The van der Waals surface area contributed by atoms with Crippen molar-refractivity contribution in [1.29, 1.82) is 0 Å². The summed E-state index contributed by atoms with van der Waals surface area (Å²) in [6, 6.07) is 2.94. The Kier molecular flexibility index (Phi) is 4.36. The summed E-state index contributed by atoms with van der Waals surface area (Å²) >= 11 is 1.35. The SMILES string of the molecule is CC(NC(=O)c1cccs1)C(=O)OC1CCCC1. The van der Waals surface area contributed by atoms with Crippen LogP contribution in [0.5, 0.6) is 0 Å². The van der Waals surface area contributed by atoms with Crippen LogP contribution in [-0.2, 0) is 9.53 Å². The first kappa shape index (κ1) is 13.1. The van der Waals surface area contributed by atoms with E-state index in [4.69, 9.17) is 4.74 Å². The van der Waals surface area contributed by atoms with Gasteiger partial charge in [-0.05, 0) is 44.1 Å². The van der Waals surface area contributed by atoms with E-state index in [1.165, 1.54) is 11.3 Å². The van der Waals surface area contributed by atoms with Crippen LogP contribution < -0.4 is 5.32 Å². The number of hydrogen-bond donors (Lipinski definition) is 1. The van der Waals surface area contributed by atoms with Gasteiger partial charge in [0.2, 0.25) is 0 Å². The molecule has 98 valence electrons. The summed E-state index contributed by atoms with van der Waals surface area (Å²) < 4.78 is 5.34. The van der Waals surface area contributed by atoms with Gasteiger partial charge in [0.25, 0.3) is 5.91 Å². The molecular formula is C13H17NO3S. The highest BCUT2D eigenvalue weighted by molar-refractivity contribution is 7.12. The van der Waals surface area contributed by atoms with Gasteiger partial charge in [-0.15, -0.1) is 11.3 Å². The molecule has 1 heterocycles. The zero-order valence-corrected chi connectivity index (χ0v) is 11.2. The van der Waals surface area contributed by atoms with Gasteiger partial charge >= 0.3 is 5.97 Å². The van der Waals surface area contributed by atoms with E-state index in [0.717, 1.165) is 25.7 Å². The summed E-state index contributed by atoms with van der Waals surface area (Å²) in [4.78, 5) is 24.1. The Morgan fingerprint density at radius 3 is 2.78 bits per heavy atom. The third-order valence-corrected chi connectivity index (χ3v) is 3.90.